The third-order valence-corrected chi connectivity index (χ3v) is 5.53. The van der Waals surface area contributed by atoms with Gasteiger partial charge in [-0.25, -0.2) is 4.39 Å². The number of Topliss-reactive ketones (excluding diaryl/α,β-unsaturated/α-hetero) is 1. The number of anilines is 1. The van der Waals surface area contributed by atoms with Crippen molar-refractivity contribution in [2.45, 2.75) is 32.2 Å². The van der Waals surface area contributed by atoms with Gasteiger partial charge in [0.25, 0.3) is 0 Å². The predicted octanol–water partition coefficient (Wildman–Crippen LogP) is 4.60. The Bertz CT molecular complexity index is 1090. The van der Waals surface area contributed by atoms with Crippen molar-refractivity contribution in [3.05, 3.63) is 64.7 Å². The number of ketones is 1. The number of carbonyl (C=O) groups excluding carboxylic acids is 2. The first-order valence-electron chi connectivity index (χ1n) is 9.41. The van der Waals surface area contributed by atoms with Crippen molar-refractivity contribution >= 4 is 40.7 Å². The highest BCUT2D eigenvalue weighted by Gasteiger charge is 2.14. The van der Waals surface area contributed by atoms with E-state index >= 15 is 0 Å². The van der Waals surface area contributed by atoms with Crippen LogP contribution < -0.4 is 10.1 Å². The van der Waals surface area contributed by atoms with E-state index in [9.17, 15) is 14.0 Å². The second kappa shape index (κ2) is 10.4. The average molecular weight is 463 g/mol. The monoisotopic (exact) mass is 462 g/mol. The first-order chi connectivity index (χ1) is 14.9. The van der Waals surface area contributed by atoms with Gasteiger partial charge in [0.15, 0.2) is 16.8 Å². The molecule has 0 radical (unpaired) electrons. The number of aromatic nitrogens is 3. The number of amides is 1. The first-order valence-corrected chi connectivity index (χ1v) is 10.8. The van der Waals surface area contributed by atoms with Crippen LogP contribution in [0.4, 0.5) is 10.1 Å². The molecule has 31 heavy (non-hydrogen) atoms. The van der Waals surface area contributed by atoms with E-state index in [1.165, 1.54) is 36.9 Å². The molecule has 0 aliphatic carbocycles. The molecule has 10 heteroatoms. The van der Waals surface area contributed by atoms with Crippen molar-refractivity contribution in [2.75, 3.05) is 11.1 Å². The van der Waals surface area contributed by atoms with Crippen LogP contribution in [0.2, 0.25) is 5.02 Å². The Balaban J connectivity index is 1.56. The van der Waals surface area contributed by atoms with Crippen LogP contribution in [-0.2, 0) is 17.9 Å². The molecular weight excluding hydrogens is 443 g/mol. The molecule has 162 valence electrons. The predicted molar refractivity (Wildman–Crippen MR) is 117 cm³/mol. The van der Waals surface area contributed by atoms with Gasteiger partial charge in [-0.2, -0.15) is 0 Å². The van der Waals surface area contributed by atoms with Gasteiger partial charge >= 0.3 is 0 Å². The lowest BCUT2D eigenvalue weighted by atomic mass is 10.1. The Kier molecular flexibility index (Phi) is 7.64. The number of hydrogen-bond acceptors (Lipinski definition) is 6. The summed E-state index contributed by atoms with van der Waals surface area (Å²) in [5.41, 5.74) is 1.20. The average Bonchev–Trinajstić information content (AvgIpc) is 3.15. The van der Waals surface area contributed by atoms with Gasteiger partial charge in [-0.05, 0) is 50.2 Å². The topological polar surface area (TPSA) is 86.1 Å². The summed E-state index contributed by atoms with van der Waals surface area (Å²) in [6.07, 6.45) is 0. The molecule has 1 amide bonds. The van der Waals surface area contributed by atoms with E-state index in [1.54, 1.807) is 24.3 Å². The number of carbonyl (C=O) groups is 2. The minimum Gasteiger partial charge on any atom is -0.486 e. The molecule has 1 heterocycles. The fourth-order valence-electron chi connectivity index (χ4n) is 2.68. The Hall–Kier alpha value is -2.91. The molecular formula is C21H20ClFN4O3S. The summed E-state index contributed by atoms with van der Waals surface area (Å²) < 4.78 is 20.7. The van der Waals surface area contributed by atoms with Crippen molar-refractivity contribution in [3.8, 4) is 5.75 Å². The first kappa shape index (κ1) is 22.8. The number of rotatable bonds is 9. The molecule has 0 saturated carbocycles. The van der Waals surface area contributed by atoms with E-state index < -0.39 is 5.82 Å². The number of ether oxygens (including phenoxy) is 1. The molecule has 0 aliphatic rings. The fraction of sp³-hybridized carbons (Fsp3) is 0.238. The fourth-order valence-corrected chi connectivity index (χ4v) is 3.67. The van der Waals surface area contributed by atoms with Gasteiger partial charge in [0.2, 0.25) is 5.91 Å². The van der Waals surface area contributed by atoms with Crippen LogP contribution in [0, 0.1) is 5.82 Å². The number of halogens is 2. The van der Waals surface area contributed by atoms with E-state index in [2.05, 4.69) is 15.5 Å². The molecule has 0 aliphatic heterocycles. The molecule has 3 aromatic rings. The lowest BCUT2D eigenvalue weighted by Gasteiger charge is -2.09. The van der Waals surface area contributed by atoms with E-state index in [0.717, 1.165) is 0 Å². The maximum atomic E-state index is 13.3. The van der Waals surface area contributed by atoms with Gasteiger partial charge in [-0.15, -0.1) is 10.2 Å². The SMILES string of the molecule is CCn1c(COc2ccc(F)c(Cl)c2)nnc1SCC(=O)Nc1ccc(C(C)=O)cc1. The zero-order valence-electron chi connectivity index (χ0n) is 16.9. The summed E-state index contributed by atoms with van der Waals surface area (Å²) in [6.45, 7) is 4.13. The highest BCUT2D eigenvalue weighted by atomic mass is 35.5. The highest BCUT2D eigenvalue weighted by Crippen LogP contribution is 2.23. The summed E-state index contributed by atoms with van der Waals surface area (Å²) in [6, 6.07) is 10.8. The molecule has 0 bridgehead atoms. The summed E-state index contributed by atoms with van der Waals surface area (Å²) >= 11 is 7.02. The number of nitrogens with one attached hydrogen (secondary N) is 1. The Morgan fingerprint density at radius 2 is 1.94 bits per heavy atom. The van der Waals surface area contributed by atoms with Crippen LogP contribution in [0.15, 0.2) is 47.6 Å². The minimum atomic E-state index is -0.516. The van der Waals surface area contributed by atoms with Gasteiger partial charge in [-0.1, -0.05) is 23.4 Å². The molecule has 0 fully saturated rings. The van der Waals surface area contributed by atoms with E-state index in [4.69, 9.17) is 16.3 Å². The standard InChI is InChI=1S/C21H20ClFN4O3S/c1-3-27-19(11-30-16-8-9-18(23)17(22)10-16)25-26-21(27)31-12-20(29)24-15-6-4-14(5-7-15)13(2)28/h4-10H,3,11-12H2,1-2H3,(H,24,29). The van der Waals surface area contributed by atoms with Crippen LogP contribution >= 0.6 is 23.4 Å². The lowest BCUT2D eigenvalue weighted by molar-refractivity contribution is -0.113. The van der Waals surface area contributed by atoms with Crippen LogP contribution in [0.3, 0.4) is 0 Å². The normalized spacial score (nSPS) is 10.7. The second-order valence-electron chi connectivity index (χ2n) is 6.48. The van der Waals surface area contributed by atoms with Crippen LogP contribution in [-0.4, -0.2) is 32.2 Å². The van der Waals surface area contributed by atoms with E-state index in [0.29, 0.717) is 34.5 Å². The third kappa shape index (κ3) is 6.05. The van der Waals surface area contributed by atoms with Crippen molar-refractivity contribution in [1.82, 2.24) is 14.8 Å². The summed E-state index contributed by atoms with van der Waals surface area (Å²) in [5.74, 6) is 0.380. The zero-order chi connectivity index (χ0) is 22.4. The van der Waals surface area contributed by atoms with E-state index in [1.807, 2.05) is 11.5 Å². The molecule has 3 rings (SSSR count). The van der Waals surface area contributed by atoms with Gasteiger partial charge in [-0.3, -0.25) is 9.59 Å². The Labute approximate surface area is 188 Å². The van der Waals surface area contributed by atoms with Crippen molar-refractivity contribution in [3.63, 3.8) is 0 Å². The largest absolute Gasteiger partial charge is 0.486 e. The second-order valence-corrected chi connectivity index (χ2v) is 7.83. The third-order valence-electron chi connectivity index (χ3n) is 4.28. The molecule has 0 spiro atoms. The van der Waals surface area contributed by atoms with E-state index in [-0.39, 0.29) is 29.1 Å². The van der Waals surface area contributed by atoms with Crippen LogP contribution in [0.25, 0.3) is 0 Å². The summed E-state index contributed by atoms with van der Waals surface area (Å²) in [7, 11) is 0. The molecule has 0 atom stereocenters. The molecule has 2 aromatic carbocycles. The highest BCUT2D eigenvalue weighted by molar-refractivity contribution is 7.99. The van der Waals surface area contributed by atoms with Crippen LogP contribution in [0.5, 0.6) is 5.75 Å². The maximum absolute atomic E-state index is 13.3. The van der Waals surface area contributed by atoms with Crippen molar-refractivity contribution in [2.24, 2.45) is 0 Å². The molecule has 1 aromatic heterocycles. The van der Waals surface area contributed by atoms with Gasteiger partial charge < -0.3 is 14.6 Å². The molecule has 1 N–H and O–H groups in total. The quantitative estimate of drug-likeness (QED) is 0.369. The summed E-state index contributed by atoms with van der Waals surface area (Å²) in [5, 5.41) is 11.6. The number of thioether (sulfide) groups is 1. The lowest BCUT2D eigenvalue weighted by Crippen LogP contribution is -2.15. The Morgan fingerprint density at radius 1 is 1.19 bits per heavy atom. The van der Waals surface area contributed by atoms with Gasteiger partial charge in [0.05, 0.1) is 10.8 Å². The molecule has 0 saturated heterocycles. The minimum absolute atomic E-state index is 0.0207. The Morgan fingerprint density at radius 3 is 2.58 bits per heavy atom. The molecule has 7 nitrogen and oxygen atoms in total. The smallest absolute Gasteiger partial charge is 0.234 e. The number of benzene rings is 2. The zero-order valence-corrected chi connectivity index (χ0v) is 18.5. The van der Waals surface area contributed by atoms with Crippen molar-refractivity contribution in [1.29, 1.82) is 0 Å². The number of hydrogen-bond donors (Lipinski definition) is 1. The number of nitrogens with zero attached hydrogens (tertiary/aromatic N) is 3. The maximum Gasteiger partial charge on any atom is 0.234 e. The molecule has 0 unspecified atom stereocenters. The van der Waals surface area contributed by atoms with Gasteiger partial charge in [0.1, 0.15) is 18.2 Å². The van der Waals surface area contributed by atoms with Gasteiger partial charge in [0, 0.05) is 23.9 Å². The summed E-state index contributed by atoms with van der Waals surface area (Å²) in [4.78, 5) is 23.6. The van der Waals surface area contributed by atoms with Crippen LogP contribution in [0.1, 0.15) is 30.0 Å². The van der Waals surface area contributed by atoms with Crippen molar-refractivity contribution < 1.29 is 18.7 Å².